The van der Waals surface area contributed by atoms with Crippen molar-refractivity contribution < 1.29 is 19.8 Å². The first-order valence-electron chi connectivity index (χ1n) is 13.0. The fraction of sp³-hybridized carbons (Fsp3) is 0.731. The predicted octanol–water partition coefficient (Wildman–Crippen LogP) is 3.94. The topological polar surface area (TPSA) is 103 Å². The van der Waals surface area contributed by atoms with E-state index >= 15 is 0 Å². The molecule has 1 amide bonds. The molecule has 3 N–H and O–H groups in total. The fourth-order valence-corrected chi connectivity index (χ4v) is 7.96. The summed E-state index contributed by atoms with van der Waals surface area (Å²) in [5, 5.41) is 24.2. The number of hydrogen-bond donors (Lipinski definition) is 3. The molecule has 1 saturated heterocycles. The molecule has 5 rings (SSSR count). The summed E-state index contributed by atoms with van der Waals surface area (Å²) in [6.07, 6.45) is 7.97. The third-order valence-corrected chi connectivity index (χ3v) is 9.69. The summed E-state index contributed by atoms with van der Waals surface area (Å²) in [4.78, 5) is 31.6. The van der Waals surface area contributed by atoms with E-state index in [0.29, 0.717) is 29.9 Å². The Morgan fingerprint density at radius 3 is 2.88 bits per heavy atom. The molecule has 4 aliphatic rings. The Morgan fingerprint density at radius 2 is 2.09 bits per heavy atom. The van der Waals surface area contributed by atoms with E-state index in [4.69, 9.17) is 10.1 Å². The van der Waals surface area contributed by atoms with E-state index in [-0.39, 0.29) is 24.3 Å². The van der Waals surface area contributed by atoms with Crippen LogP contribution in [0.25, 0.3) is 0 Å². The summed E-state index contributed by atoms with van der Waals surface area (Å²) in [6.45, 7) is 3.61. The molecular formula is C26H37N3O4S. The first-order chi connectivity index (χ1) is 16.3. The molecule has 0 radical (unpaired) electrons. The minimum atomic E-state index is -0.751. The first kappa shape index (κ1) is 23.9. The number of carbonyl (C=O) groups is 2. The van der Waals surface area contributed by atoms with Crippen LogP contribution < -0.4 is 10.2 Å². The highest BCUT2D eigenvalue weighted by Gasteiger charge is 2.53. The molecule has 0 spiro atoms. The van der Waals surface area contributed by atoms with Crippen molar-refractivity contribution in [3.05, 3.63) is 17.7 Å². The van der Waals surface area contributed by atoms with Crippen molar-refractivity contribution in [3.63, 3.8) is 0 Å². The van der Waals surface area contributed by atoms with Gasteiger partial charge in [-0.3, -0.25) is 9.59 Å². The minimum Gasteiger partial charge on any atom is -0.481 e. The largest absolute Gasteiger partial charge is 0.481 e. The van der Waals surface area contributed by atoms with Gasteiger partial charge in [0.15, 0.2) is 0 Å². The number of nitrogens with zero attached hydrogens (tertiary/aromatic N) is 2. The van der Waals surface area contributed by atoms with Gasteiger partial charge in [-0.2, -0.15) is 0 Å². The number of anilines is 1. The lowest BCUT2D eigenvalue weighted by Gasteiger charge is -2.33. The van der Waals surface area contributed by atoms with Crippen molar-refractivity contribution in [2.75, 3.05) is 23.7 Å². The van der Waals surface area contributed by atoms with Crippen molar-refractivity contribution >= 4 is 29.5 Å². The van der Waals surface area contributed by atoms with Gasteiger partial charge in [-0.25, -0.2) is 4.98 Å². The van der Waals surface area contributed by atoms with Crippen LogP contribution in [0.15, 0.2) is 17.2 Å². The lowest BCUT2D eigenvalue weighted by molar-refractivity contribution is -0.137. The van der Waals surface area contributed by atoms with Crippen LogP contribution in [-0.4, -0.2) is 57.6 Å². The van der Waals surface area contributed by atoms with Crippen LogP contribution in [0.2, 0.25) is 0 Å². The summed E-state index contributed by atoms with van der Waals surface area (Å²) >= 11 is 1.62. The number of carboxylic acids is 1. The second-order valence-corrected chi connectivity index (χ2v) is 12.2. The molecule has 34 heavy (non-hydrogen) atoms. The number of nitrogens with one attached hydrogen (secondary N) is 1. The first-order valence-corrected chi connectivity index (χ1v) is 14.0. The van der Waals surface area contributed by atoms with E-state index in [2.05, 4.69) is 17.1 Å². The average Bonchev–Trinajstić information content (AvgIpc) is 3.31. The van der Waals surface area contributed by atoms with Gasteiger partial charge in [0.25, 0.3) is 5.91 Å². The molecule has 6 atom stereocenters. The quantitative estimate of drug-likeness (QED) is 0.477. The molecule has 3 saturated carbocycles. The van der Waals surface area contributed by atoms with Crippen LogP contribution in [0, 0.1) is 23.7 Å². The molecular weight excluding hydrogens is 450 g/mol. The van der Waals surface area contributed by atoms with E-state index in [0.717, 1.165) is 68.1 Å². The van der Waals surface area contributed by atoms with Gasteiger partial charge in [0.2, 0.25) is 0 Å². The predicted molar refractivity (Wildman–Crippen MR) is 132 cm³/mol. The van der Waals surface area contributed by atoms with Crippen molar-refractivity contribution in [3.8, 4) is 0 Å². The van der Waals surface area contributed by atoms with Gasteiger partial charge >= 0.3 is 5.97 Å². The summed E-state index contributed by atoms with van der Waals surface area (Å²) in [5.41, 5.74) is 0.118. The zero-order chi connectivity index (χ0) is 23.9. The number of aliphatic carboxylic acids is 1. The number of aromatic nitrogens is 1. The Hall–Kier alpha value is -1.80. The van der Waals surface area contributed by atoms with Gasteiger partial charge in [-0.15, -0.1) is 11.8 Å². The lowest BCUT2D eigenvalue weighted by Crippen LogP contribution is -2.42. The summed E-state index contributed by atoms with van der Waals surface area (Å²) < 4.78 is 0. The van der Waals surface area contributed by atoms with Crippen molar-refractivity contribution in [2.45, 2.75) is 81.4 Å². The molecule has 186 valence electrons. The van der Waals surface area contributed by atoms with E-state index in [1.165, 1.54) is 6.42 Å². The van der Waals surface area contributed by atoms with Crippen molar-refractivity contribution in [1.82, 2.24) is 10.3 Å². The Balaban J connectivity index is 1.31. The van der Waals surface area contributed by atoms with Gasteiger partial charge in [-0.1, -0.05) is 6.92 Å². The number of carbonyl (C=O) groups excluding carboxylic acids is 1. The lowest BCUT2D eigenvalue weighted by atomic mass is 9.77. The maximum absolute atomic E-state index is 13.5. The highest BCUT2D eigenvalue weighted by Crippen LogP contribution is 2.55. The van der Waals surface area contributed by atoms with E-state index in [1.807, 2.05) is 12.1 Å². The summed E-state index contributed by atoms with van der Waals surface area (Å²) in [5.74, 6) is 2.55. The zero-order valence-corrected chi connectivity index (χ0v) is 20.9. The smallest absolute Gasteiger partial charge is 0.303 e. The molecule has 1 aliphatic heterocycles. The molecule has 5 unspecified atom stereocenters. The number of pyridine rings is 1. The van der Waals surface area contributed by atoms with Crippen LogP contribution in [0.5, 0.6) is 0 Å². The fourth-order valence-electron chi connectivity index (χ4n) is 7.09. The molecule has 8 heteroatoms. The Kier molecular flexibility index (Phi) is 6.81. The van der Waals surface area contributed by atoms with Gasteiger partial charge in [0.05, 0.1) is 11.2 Å². The zero-order valence-electron chi connectivity index (χ0n) is 20.0. The molecule has 3 aliphatic carbocycles. The number of amides is 1. The van der Waals surface area contributed by atoms with E-state index < -0.39 is 11.6 Å². The summed E-state index contributed by atoms with van der Waals surface area (Å²) in [7, 11) is 0. The van der Waals surface area contributed by atoms with Crippen LogP contribution in [0.4, 0.5) is 5.82 Å². The monoisotopic (exact) mass is 487 g/mol. The van der Waals surface area contributed by atoms with Crippen molar-refractivity contribution in [2.24, 2.45) is 23.7 Å². The standard InChI is InChI=1S/C26H37N3O4S/c1-2-9-34-25-19(4-6-22(28-25)29-8-7-17(15-29)11-23(30)31)24(32)27-21-5-3-16-10-18-13-26(33,12-16)14-20(18)21/h4,6,16-18,20-21,33H,2-3,5,7-15H2,1H3,(H,27,32)(H,30,31)/t16?,17?,18?,20?,21?,26-/m0/s1. The normalized spacial score (nSPS) is 34.3. The van der Waals surface area contributed by atoms with Crippen LogP contribution in [0.3, 0.4) is 0 Å². The molecule has 1 aromatic rings. The second kappa shape index (κ2) is 9.69. The number of fused-ring (bicyclic) bond motifs is 2. The Labute approximate surface area is 206 Å². The van der Waals surface area contributed by atoms with Crippen LogP contribution >= 0.6 is 11.8 Å². The number of hydrogen-bond acceptors (Lipinski definition) is 6. The Morgan fingerprint density at radius 1 is 1.24 bits per heavy atom. The van der Waals surface area contributed by atoms with Gasteiger partial charge in [0, 0.05) is 25.6 Å². The average molecular weight is 488 g/mol. The SMILES string of the molecule is CCCSc1nc(N2CCC(CC(=O)O)C2)ccc1C(=O)NC1CCC2CC3C[C@@](O)(C2)CC31. The minimum absolute atomic E-state index is 0.0546. The second-order valence-electron chi connectivity index (χ2n) is 11.1. The molecule has 3 bridgehead atoms. The number of thioether (sulfide) groups is 1. The Bertz CT molecular complexity index is 943. The van der Waals surface area contributed by atoms with E-state index in [1.54, 1.807) is 11.8 Å². The highest BCUT2D eigenvalue weighted by atomic mass is 32.2. The summed E-state index contributed by atoms with van der Waals surface area (Å²) in [6, 6.07) is 3.93. The third kappa shape index (κ3) is 4.94. The number of rotatable bonds is 8. The maximum atomic E-state index is 13.5. The third-order valence-electron chi connectivity index (χ3n) is 8.49. The molecule has 1 aromatic heterocycles. The van der Waals surface area contributed by atoms with Gasteiger partial charge in [-0.05, 0) is 92.9 Å². The molecule has 4 fully saturated rings. The van der Waals surface area contributed by atoms with E-state index in [9.17, 15) is 14.7 Å². The number of aliphatic hydroxyl groups is 1. The number of carboxylic acid groups (broad SMARTS) is 1. The van der Waals surface area contributed by atoms with Crippen molar-refractivity contribution in [1.29, 1.82) is 0 Å². The maximum Gasteiger partial charge on any atom is 0.303 e. The van der Waals surface area contributed by atoms with Crippen LogP contribution in [-0.2, 0) is 4.79 Å². The van der Waals surface area contributed by atoms with Gasteiger partial charge in [0.1, 0.15) is 10.8 Å². The van der Waals surface area contributed by atoms with Crippen LogP contribution in [0.1, 0.15) is 75.1 Å². The molecule has 2 heterocycles. The molecule has 0 aromatic carbocycles. The van der Waals surface area contributed by atoms with Gasteiger partial charge < -0.3 is 20.4 Å². The highest BCUT2D eigenvalue weighted by molar-refractivity contribution is 7.99. The molecule has 7 nitrogen and oxygen atoms in total.